The third-order valence-corrected chi connectivity index (χ3v) is 2.63. The third kappa shape index (κ3) is 3.65. The van der Waals surface area contributed by atoms with Gasteiger partial charge in [-0.05, 0) is 0 Å². The number of hydrogen-bond donors (Lipinski definition) is 1. The fourth-order valence-electron chi connectivity index (χ4n) is 1.66. The SMILES string of the molecule is CN(C)c1ncc(NC(=O)Cn2cncn2)c(N(C)C)n1. The van der Waals surface area contributed by atoms with Crippen LogP contribution in [0.25, 0.3) is 0 Å². The molecule has 0 unspecified atom stereocenters. The summed E-state index contributed by atoms with van der Waals surface area (Å²) in [7, 11) is 7.43. The van der Waals surface area contributed by atoms with Crippen LogP contribution in [0.1, 0.15) is 0 Å². The maximum Gasteiger partial charge on any atom is 0.246 e. The Kier molecular flexibility index (Phi) is 4.31. The van der Waals surface area contributed by atoms with Crippen molar-refractivity contribution in [3.8, 4) is 0 Å². The molecule has 0 atom stereocenters. The summed E-state index contributed by atoms with van der Waals surface area (Å²) < 4.78 is 1.44. The molecule has 0 aliphatic rings. The molecule has 0 saturated carbocycles. The van der Waals surface area contributed by atoms with Gasteiger partial charge in [-0.2, -0.15) is 10.1 Å². The van der Waals surface area contributed by atoms with Crippen LogP contribution in [0.5, 0.6) is 0 Å². The van der Waals surface area contributed by atoms with Crippen LogP contribution in [-0.2, 0) is 11.3 Å². The lowest BCUT2D eigenvalue weighted by molar-refractivity contribution is -0.116. The van der Waals surface area contributed by atoms with Crippen molar-refractivity contribution in [1.29, 1.82) is 0 Å². The molecule has 112 valence electrons. The highest BCUT2D eigenvalue weighted by molar-refractivity contribution is 5.93. The van der Waals surface area contributed by atoms with Crippen LogP contribution in [0.2, 0.25) is 0 Å². The molecular weight excluding hydrogens is 272 g/mol. The quantitative estimate of drug-likeness (QED) is 0.818. The Morgan fingerprint density at radius 3 is 2.62 bits per heavy atom. The molecule has 2 heterocycles. The average molecular weight is 290 g/mol. The minimum Gasteiger partial charge on any atom is -0.361 e. The second-order valence-corrected chi connectivity index (χ2v) is 4.84. The van der Waals surface area contributed by atoms with Gasteiger partial charge >= 0.3 is 0 Å². The number of hydrogen-bond acceptors (Lipinski definition) is 7. The van der Waals surface area contributed by atoms with E-state index in [1.165, 1.54) is 17.3 Å². The summed E-state index contributed by atoms with van der Waals surface area (Å²) in [5, 5.41) is 6.67. The Morgan fingerprint density at radius 1 is 1.29 bits per heavy atom. The minimum absolute atomic E-state index is 0.0856. The predicted octanol–water partition coefficient (Wildman–Crippen LogP) is -0.161. The number of carbonyl (C=O) groups is 1. The Bertz CT molecular complexity index is 608. The second kappa shape index (κ2) is 6.16. The maximum absolute atomic E-state index is 12.0. The fourth-order valence-corrected chi connectivity index (χ4v) is 1.66. The summed E-state index contributed by atoms with van der Waals surface area (Å²) in [5.41, 5.74) is 0.552. The van der Waals surface area contributed by atoms with Crippen LogP contribution < -0.4 is 15.1 Å². The first kappa shape index (κ1) is 14.7. The van der Waals surface area contributed by atoms with E-state index >= 15 is 0 Å². The first-order valence-electron chi connectivity index (χ1n) is 6.31. The van der Waals surface area contributed by atoms with Gasteiger partial charge in [-0.3, -0.25) is 4.79 Å². The Labute approximate surface area is 122 Å². The van der Waals surface area contributed by atoms with Gasteiger partial charge in [0.25, 0.3) is 0 Å². The molecule has 21 heavy (non-hydrogen) atoms. The fraction of sp³-hybridized carbons (Fsp3) is 0.417. The number of anilines is 3. The molecule has 0 saturated heterocycles. The van der Waals surface area contributed by atoms with Crippen molar-refractivity contribution in [2.24, 2.45) is 0 Å². The highest BCUT2D eigenvalue weighted by atomic mass is 16.2. The van der Waals surface area contributed by atoms with Crippen LogP contribution in [0, 0.1) is 0 Å². The molecule has 2 aromatic heterocycles. The van der Waals surface area contributed by atoms with Crippen LogP contribution in [0.4, 0.5) is 17.5 Å². The van der Waals surface area contributed by atoms with Gasteiger partial charge in [0.15, 0.2) is 5.82 Å². The summed E-state index contributed by atoms with van der Waals surface area (Å²) in [6.07, 6.45) is 4.46. The normalized spacial score (nSPS) is 10.3. The molecular formula is C12H18N8O. The van der Waals surface area contributed by atoms with Gasteiger partial charge in [0.05, 0.1) is 6.20 Å². The molecule has 0 fully saturated rings. The van der Waals surface area contributed by atoms with E-state index in [0.717, 1.165) is 0 Å². The third-order valence-electron chi connectivity index (χ3n) is 2.63. The molecule has 2 aromatic rings. The van der Waals surface area contributed by atoms with Gasteiger partial charge in [-0.15, -0.1) is 0 Å². The molecule has 0 aromatic carbocycles. The van der Waals surface area contributed by atoms with Crippen LogP contribution in [0.3, 0.4) is 0 Å². The molecule has 0 spiro atoms. The van der Waals surface area contributed by atoms with Gasteiger partial charge in [-0.25, -0.2) is 14.6 Å². The first-order valence-corrected chi connectivity index (χ1v) is 6.31. The lowest BCUT2D eigenvalue weighted by Gasteiger charge is -2.19. The number of rotatable bonds is 5. The van der Waals surface area contributed by atoms with Gasteiger partial charge in [-0.1, -0.05) is 0 Å². The first-order chi connectivity index (χ1) is 9.97. The number of nitrogens with one attached hydrogen (secondary N) is 1. The molecule has 2 rings (SSSR count). The number of aromatic nitrogens is 5. The summed E-state index contributed by atoms with van der Waals surface area (Å²) in [6.45, 7) is 0.0856. The zero-order valence-corrected chi connectivity index (χ0v) is 12.5. The molecule has 1 N–H and O–H groups in total. The van der Waals surface area contributed by atoms with Crippen LogP contribution in [-0.4, -0.2) is 58.8 Å². The van der Waals surface area contributed by atoms with Crippen molar-refractivity contribution in [3.05, 3.63) is 18.9 Å². The van der Waals surface area contributed by atoms with E-state index in [9.17, 15) is 4.79 Å². The summed E-state index contributed by atoms with van der Waals surface area (Å²) in [6, 6.07) is 0. The molecule has 9 nitrogen and oxygen atoms in total. The van der Waals surface area contributed by atoms with Crippen molar-refractivity contribution in [2.75, 3.05) is 43.3 Å². The van der Waals surface area contributed by atoms with Crippen molar-refractivity contribution in [1.82, 2.24) is 24.7 Å². The number of carbonyl (C=O) groups excluding carboxylic acids is 1. The van der Waals surface area contributed by atoms with Crippen molar-refractivity contribution in [3.63, 3.8) is 0 Å². The molecule has 0 aliphatic carbocycles. The lowest BCUT2D eigenvalue weighted by atomic mass is 10.4. The van der Waals surface area contributed by atoms with E-state index in [1.807, 2.05) is 33.1 Å². The van der Waals surface area contributed by atoms with Gasteiger partial charge in [0.1, 0.15) is 24.9 Å². The highest BCUT2D eigenvalue weighted by Gasteiger charge is 2.13. The topological polar surface area (TPSA) is 92.1 Å². The zero-order valence-electron chi connectivity index (χ0n) is 12.5. The molecule has 9 heteroatoms. The zero-order chi connectivity index (χ0) is 15.4. The Balaban J connectivity index is 2.17. The van der Waals surface area contributed by atoms with E-state index in [4.69, 9.17) is 0 Å². The van der Waals surface area contributed by atoms with E-state index in [-0.39, 0.29) is 12.5 Å². The molecule has 0 aliphatic heterocycles. The van der Waals surface area contributed by atoms with Gasteiger partial charge in [0, 0.05) is 28.2 Å². The monoisotopic (exact) mass is 290 g/mol. The number of nitrogens with zero attached hydrogens (tertiary/aromatic N) is 7. The lowest BCUT2D eigenvalue weighted by Crippen LogP contribution is -2.23. The molecule has 1 amide bonds. The Hall–Kier alpha value is -2.71. The molecule has 0 bridgehead atoms. The highest BCUT2D eigenvalue weighted by Crippen LogP contribution is 2.22. The van der Waals surface area contributed by atoms with Crippen LogP contribution in [0.15, 0.2) is 18.9 Å². The summed E-state index contributed by atoms with van der Waals surface area (Å²) >= 11 is 0. The van der Waals surface area contributed by atoms with E-state index < -0.39 is 0 Å². The van der Waals surface area contributed by atoms with Crippen LogP contribution >= 0.6 is 0 Å². The minimum atomic E-state index is -0.218. The maximum atomic E-state index is 12.0. The smallest absolute Gasteiger partial charge is 0.246 e. The van der Waals surface area contributed by atoms with E-state index in [0.29, 0.717) is 17.5 Å². The van der Waals surface area contributed by atoms with Crippen molar-refractivity contribution >= 4 is 23.4 Å². The second-order valence-electron chi connectivity index (χ2n) is 4.84. The molecule has 0 radical (unpaired) electrons. The van der Waals surface area contributed by atoms with Gasteiger partial charge in [0.2, 0.25) is 11.9 Å². The van der Waals surface area contributed by atoms with E-state index in [1.54, 1.807) is 11.1 Å². The van der Waals surface area contributed by atoms with Crippen molar-refractivity contribution < 1.29 is 4.79 Å². The predicted molar refractivity (Wildman–Crippen MR) is 79.3 cm³/mol. The largest absolute Gasteiger partial charge is 0.361 e. The van der Waals surface area contributed by atoms with E-state index in [2.05, 4.69) is 25.4 Å². The Morgan fingerprint density at radius 2 is 2.05 bits per heavy atom. The summed E-state index contributed by atoms with van der Waals surface area (Å²) in [5.74, 6) is 0.999. The average Bonchev–Trinajstić information content (AvgIpc) is 2.91. The van der Waals surface area contributed by atoms with Crippen molar-refractivity contribution in [2.45, 2.75) is 6.54 Å². The standard InChI is InChI=1S/C12H18N8O/c1-18(2)11-9(5-14-12(17-11)19(3)4)16-10(21)6-20-8-13-7-15-20/h5,7-8H,6H2,1-4H3,(H,16,21). The summed E-state index contributed by atoms with van der Waals surface area (Å²) in [4.78, 5) is 28.0. The van der Waals surface area contributed by atoms with Gasteiger partial charge < -0.3 is 15.1 Å². The number of amides is 1.